The number of benzene rings is 1. The Labute approximate surface area is 144 Å². The van der Waals surface area contributed by atoms with E-state index < -0.39 is 0 Å². The number of furan rings is 1. The van der Waals surface area contributed by atoms with E-state index in [-0.39, 0.29) is 16.9 Å². The first kappa shape index (κ1) is 17.4. The van der Waals surface area contributed by atoms with Gasteiger partial charge in [-0.05, 0) is 48.6 Å². The molecule has 0 aliphatic heterocycles. The van der Waals surface area contributed by atoms with E-state index in [1.165, 1.54) is 12.3 Å². The van der Waals surface area contributed by atoms with Crippen LogP contribution >= 0.6 is 12.2 Å². The number of nitrogens with one attached hydrogen (secondary N) is 3. The highest BCUT2D eigenvalue weighted by Crippen LogP contribution is 2.15. The minimum Gasteiger partial charge on any atom is -0.465 e. The lowest BCUT2D eigenvalue weighted by Gasteiger charge is -2.10. The second kappa shape index (κ2) is 8.64. The van der Waals surface area contributed by atoms with Gasteiger partial charge in [-0.3, -0.25) is 14.9 Å². The maximum atomic E-state index is 11.8. The normalized spacial score (nSPS) is 10.4. The number of amides is 2. The van der Waals surface area contributed by atoms with E-state index in [0.29, 0.717) is 23.6 Å². The molecule has 0 bridgehead atoms. The molecule has 0 saturated heterocycles. The molecule has 6 nitrogen and oxygen atoms in total. The predicted molar refractivity (Wildman–Crippen MR) is 97.5 cm³/mol. The summed E-state index contributed by atoms with van der Waals surface area (Å²) in [4.78, 5) is 23.2. The van der Waals surface area contributed by atoms with Crippen molar-refractivity contribution < 1.29 is 14.0 Å². The molecular formula is C17H17N3O3S. The van der Waals surface area contributed by atoms with Gasteiger partial charge in [0.05, 0.1) is 6.26 Å². The molecule has 1 heterocycles. The van der Waals surface area contributed by atoms with Gasteiger partial charge in [0, 0.05) is 23.9 Å². The van der Waals surface area contributed by atoms with Crippen molar-refractivity contribution in [2.24, 2.45) is 0 Å². The van der Waals surface area contributed by atoms with Crippen molar-refractivity contribution in [3.05, 3.63) is 54.5 Å². The summed E-state index contributed by atoms with van der Waals surface area (Å²) in [6.45, 7) is 1.78. The molecule has 2 rings (SSSR count). The van der Waals surface area contributed by atoms with Gasteiger partial charge in [0.25, 0.3) is 0 Å². The van der Waals surface area contributed by atoms with E-state index in [1.54, 1.807) is 49.4 Å². The van der Waals surface area contributed by atoms with E-state index in [1.807, 2.05) is 0 Å². The minimum atomic E-state index is -0.376. The highest BCUT2D eigenvalue weighted by atomic mass is 32.1. The molecule has 2 amide bonds. The molecule has 0 saturated carbocycles. The third-order valence-electron chi connectivity index (χ3n) is 2.90. The molecule has 0 atom stereocenters. The van der Waals surface area contributed by atoms with Crippen LogP contribution in [0.4, 0.5) is 11.4 Å². The third kappa shape index (κ3) is 5.69. The Balaban J connectivity index is 1.88. The van der Waals surface area contributed by atoms with Crippen LogP contribution in [0.1, 0.15) is 19.1 Å². The van der Waals surface area contributed by atoms with Gasteiger partial charge in [0.15, 0.2) is 5.11 Å². The Bertz CT molecular complexity index is 754. The number of carbonyl (C=O) groups is 2. The van der Waals surface area contributed by atoms with Gasteiger partial charge >= 0.3 is 0 Å². The zero-order chi connectivity index (χ0) is 17.4. The van der Waals surface area contributed by atoms with Crippen molar-refractivity contribution in [3.63, 3.8) is 0 Å². The highest BCUT2D eigenvalue weighted by Gasteiger charge is 2.04. The lowest BCUT2D eigenvalue weighted by Crippen LogP contribution is -2.32. The van der Waals surface area contributed by atoms with Crippen molar-refractivity contribution in [1.82, 2.24) is 5.32 Å². The zero-order valence-corrected chi connectivity index (χ0v) is 13.9. The Hall–Kier alpha value is -2.93. The topological polar surface area (TPSA) is 83.4 Å². The second-order valence-corrected chi connectivity index (χ2v) is 5.18. The molecule has 24 heavy (non-hydrogen) atoms. The van der Waals surface area contributed by atoms with Gasteiger partial charge in [-0.2, -0.15) is 0 Å². The molecule has 1 aromatic heterocycles. The van der Waals surface area contributed by atoms with Crippen LogP contribution in [0.15, 0.2) is 53.2 Å². The monoisotopic (exact) mass is 343 g/mol. The summed E-state index contributed by atoms with van der Waals surface area (Å²) in [5.41, 5.74) is 1.31. The fourth-order valence-electron chi connectivity index (χ4n) is 1.78. The molecular weight excluding hydrogens is 326 g/mol. The zero-order valence-electron chi connectivity index (χ0n) is 13.0. The maximum Gasteiger partial charge on any atom is 0.250 e. The molecule has 1 aromatic carbocycles. The molecule has 124 valence electrons. The summed E-state index contributed by atoms with van der Waals surface area (Å²) < 4.78 is 5.09. The largest absolute Gasteiger partial charge is 0.465 e. The predicted octanol–water partition coefficient (Wildman–Crippen LogP) is 3.15. The van der Waals surface area contributed by atoms with Gasteiger partial charge < -0.3 is 15.1 Å². The average molecular weight is 343 g/mol. The Morgan fingerprint density at radius 3 is 2.58 bits per heavy atom. The summed E-state index contributed by atoms with van der Waals surface area (Å²) in [7, 11) is 0. The number of hydrogen-bond donors (Lipinski definition) is 3. The fraction of sp³-hybridized carbons (Fsp3) is 0.118. The van der Waals surface area contributed by atoms with Crippen LogP contribution in [0.5, 0.6) is 0 Å². The van der Waals surface area contributed by atoms with Crippen LogP contribution in [-0.4, -0.2) is 16.9 Å². The first-order valence-corrected chi connectivity index (χ1v) is 7.71. The summed E-state index contributed by atoms with van der Waals surface area (Å²) in [5.74, 6) is 0.119. The van der Waals surface area contributed by atoms with Crippen molar-refractivity contribution in [2.45, 2.75) is 13.3 Å². The number of carbonyl (C=O) groups excluding carboxylic acids is 2. The van der Waals surface area contributed by atoms with Crippen molar-refractivity contribution in [1.29, 1.82) is 0 Å². The van der Waals surface area contributed by atoms with Gasteiger partial charge in [0.1, 0.15) is 5.76 Å². The third-order valence-corrected chi connectivity index (χ3v) is 3.11. The molecule has 0 unspecified atom stereocenters. The van der Waals surface area contributed by atoms with Crippen molar-refractivity contribution in [3.8, 4) is 0 Å². The van der Waals surface area contributed by atoms with E-state index >= 15 is 0 Å². The van der Waals surface area contributed by atoms with Crippen LogP contribution in [-0.2, 0) is 9.59 Å². The lowest BCUT2D eigenvalue weighted by atomic mass is 10.2. The standard InChI is InChI=1S/C17H17N3O3S/c1-2-15(21)18-12-5-3-6-13(11-12)19-17(24)20-16(22)9-8-14-7-4-10-23-14/h3-11H,2H2,1H3,(H,18,21)(H2,19,20,22,24)/b9-8+. The van der Waals surface area contributed by atoms with Crippen LogP contribution in [0.3, 0.4) is 0 Å². The Morgan fingerprint density at radius 1 is 1.17 bits per heavy atom. The Kier molecular flexibility index (Phi) is 6.27. The first-order valence-electron chi connectivity index (χ1n) is 7.30. The van der Waals surface area contributed by atoms with E-state index in [4.69, 9.17) is 16.6 Å². The summed E-state index contributed by atoms with van der Waals surface area (Å²) in [5, 5.41) is 8.32. The average Bonchev–Trinajstić information content (AvgIpc) is 3.06. The van der Waals surface area contributed by atoms with Gasteiger partial charge in [-0.1, -0.05) is 13.0 Å². The smallest absolute Gasteiger partial charge is 0.250 e. The van der Waals surface area contributed by atoms with Crippen LogP contribution in [0, 0.1) is 0 Å². The lowest BCUT2D eigenvalue weighted by molar-refractivity contribution is -0.116. The molecule has 0 fully saturated rings. The van der Waals surface area contributed by atoms with E-state index in [9.17, 15) is 9.59 Å². The number of anilines is 2. The minimum absolute atomic E-state index is 0.0777. The van der Waals surface area contributed by atoms with E-state index in [2.05, 4.69) is 16.0 Å². The number of thiocarbonyl (C=S) groups is 1. The molecule has 0 spiro atoms. The molecule has 0 aliphatic rings. The quantitative estimate of drug-likeness (QED) is 0.574. The van der Waals surface area contributed by atoms with E-state index in [0.717, 1.165) is 0 Å². The number of hydrogen-bond acceptors (Lipinski definition) is 4. The van der Waals surface area contributed by atoms with Crippen LogP contribution in [0.2, 0.25) is 0 Å². The maximum absolute atomic E-state index is 11.8. The molecule has 0 radical (unpaired) electrons. The second-order valence-electron chi connectivity index (χ2n) is 4.77. The van der Waals surface area contributed by atoms with Gasteiger partial charge in [-0.25, -0.2) is 0 Å². The van der Waals surface area contributed by atoms with Crippen molar-refractivity contribution in [2.75, 3.05) is 10.6 Å². The van der Waals surface area contributed by atoms with Crippen molar-refractivity contribution >= 4 is 46.6 Å². The Morgan fingerprint density at radius 2 is 1.92 bits per heavy atom. The van der Waals surface area contributed by atoms with Crippen LogP contribution < -0.4 is 16.0 Å². The highest BCUT2D eigenvalue weighted by molar-refractivity contribution is 7.80. The summed E-state index contributed by atoms with van der Waals surface area (Å²) in [6.07, 6.45) is 4.78. The van der Waals surface area contributed by atoms with Gasteiger partial charge in [-0.15, -0.1) is 0 Å². The molecule has 7 heteroatoms. The fourth-order valence-corrected chi connectivity index (χ4v) is 2.00. The van der Waals surface area contributed by atoms with Gasteiger partial charge in [0.2, 0.25) is 11.8 Å². The number of rotatable bonds is 5. The first-order chi connectivity index (χ1) is 11.6. The van der Waals surface area contributed by atoms with Crippen LogP contribution in [0.25, 0.3) is 6.08 Å². The summed E-state index contributed by atoms with van der Waals surface area (Å²) in [6, 6.07) is 10.5. The summed E-state index contributed by atoms with van der Waals surface area (Å²) >= 11 is 5.09. The molecule has 2 aromatic rings. The SMILES string of the molecule is CCC(=O)Nc1cccc(NC(=S)NC(=O)/C=C/c2ccco2)c1. The molecule has 3 N–H and O–H groups in total. The molecule has 0 aliphatic carbocycles.